The number of carbonyl (C=O) groups is 1. The van der Waals surface area contributed by atoms with Crippen LogP contribution in [-0.2, 0) is 4.79 Å². The van der Waals surface area contributed by atoms with Crippen LogP contribution in [0.3, 0.4) is 0 Å². The predicted octanol–water partition coefficient (Wildman–Crippen LogP) is 4.48. The summed E-state index contributed by atoms with van der Waals surface area (Å²) in [5, 5.41) is 11.2. The van der Waals surface area contributed by atoms with E-state index in [4.69, 9.17) is 11.6 Å². The average molecular weight is 405 g/mol. The van der Waals surface area contributed by atoms with Crippen molar-refractivity contribution in [3.05, 3.63) is 29.3 Å². The van der Waals surface area contributed by atoms with Crippen LogP contribution in [0.4, 0.5) is 5.13 Å². The number of piperidine rings is 1. The van der Waals surface area contributed by atoms with Crippen LogP contribution in [0.1, 0.15) is 38.5 Å². The number of hydrogen-bond acceptors (Lipinski definition) is 5. The lowest BCUT2D eigenvalue weighted by Gasteiger charge is -2.33. The molecule has 0 atom stereocenters. The molecule has 144 valence electrons. The fraction of sp³-hybridized carbons (Fsp3) is 0.550. The van der Waals surface area contributed by atoms with Gasteiger partial charge in [0.05, 0.1) is 5.02 Å². The topological polar surface area (TPSA) is 49.3 Å². The summed E-state index contributed by atoms with van der Waals surface area (Å²) in [6.07, 6.45) is 6.62. The van der Waals surface area contributed by atoms with E-state index in [9.17, 15) is 4.79 Å². The molecule has 0 saturated carbocycles. The lowest BCUT2D eigenvalue weighted by atomic mass is 9.95. The van der Waals surface area contributed by atoms with Gasteiger partial charge in [-0.05, 0) is 31.7 Å². The van der Waals surface area contributed by atoms with Crippen LogP contribution in [0.25, 0.3) is 10.6 Å². The Bertz CT molecular complexity index is 780. The van der Waals surface area contributed by atoms with Gasteiger partial charge in [-0.2, -0.15) is 0 Å². The van der Waals surface area contributed by atoms with Crippen LogP contribution in [0, 0.1) is 5.92 Å². The second kappa shape index (κ2) is 8.57. The zero-order chi connectivity index (χ0) is 18.6. The van der Waals surface area contributed by atoms with Crippen LogP contribution in [0.15, 0.2) is 24.3 Å². The molecule has 1 aromatic carbocycles. The molecule has 7 heteroatoms. The molecule has 2 aliphatic heterocycles. The third kappa shape index (κ3) is 4.27. The number of amides is 1. The maximum Gasteiger partial charge on any atom is 0.225 e. The molecule has 5 nitrogen and oxygen atoms in total. The summed E-state index contributed by atoms with van der Waals surface area (Å²) in [6, 6.07) is 7.72. The number of anilines is 1. The Morgan fingerprint density at radius 3 is 2.41 bits per heavy atom. The Labute approximate surface area is 169 Å². The van der Waals surface area contributed by atoms with Crippen molar-refractivity contribution in [2.45, 2.75) is 38.5 Å². The van der Waals surface area contributed by atoms with Crippen molar-refractivity contribution in [3.8, 4) is 10.6 Å². The van der Waals surface area contributed by atoms with Gasteiger partial charge in [0.25, 0.3) is 0 Å². The van der Waals surface area contributed by atoms with Crippen LogP contribution < -0.4 is 4.90 Å². The van der Waals surface area contributed by atoms with E-state index in [-0.39, 0.29) is 5.92 Å². The number of nitrogens with zero attached hydrogens (tertiary/aromatic N) is 4. The molecule has 1 amide bonds. The second-order valence-electron chi connectivity index (χ2n) is 7.37. The summed E-state index contributed by atoms with van der Waals surface area (Å²) in [5.41, 5.74) is 0.925. The van der Waals surface area contributed by atoms with Crippen molar-refractivity contribution in [1.82, 2.24) is 15.1 Å². The van der Waals surface area contributed by atoms with Crippen LogP contribution in [-0.4, -0.2) is 47.2 Å². The Kier molecular flexibility index (Phi) is 5.93. The van der Waals surface area contributed by atoms with E-state index in [0.29, 0.717) is 10.9 Å². The van der Waals surface area contributed by atoms with Crippen molar-refractivity contribution in [3.63, 3.8) is 0 Å². The first-order valence-corrected chi connectivity index (χ1v) is 11.0. The van der Waals surface area contributed by atoms with Gasteiger partial charge in [0, 0.05) is 37.7 Å². The fourth-order valence-electron chi connectivity index (χ4n) is 3.95. The molecule has 0 aliphatic carbocycles. The first kappa shape index (κ1) is 18.7. The minimum absolute atomic E-state index is 0.162. The Balaban J connectivity index is 1.37. The Morgan fingerprint density at radius 1 is 1.00 bits per heavy atom. The SMILES string of the molecule is O=C(C1CCN(c2nnc(-c3ccccc3Cl)s2)CC1)N1CCCCCC1. The minimum atomic E-state index is 0.162. The predicted molar refractivity (Wildman–Crippen MR) is 110 cm³/mol. The Hall–Kier alpha value is -1.66. The maximum absolute atomic E-state index is 12.8. The van der Waals surface area contributed by atoms with Gasteiger partial charge in [-0.25, -0.2) is 0 Å². The molecule has 0 N–H and O–H groups in total. The molecule has 2 saturated heterocycles. The normalized spacial score (nSPS) is 19.1. The molecule has 3 heterocycles. The van der Waals surface area contributed by atoms with Crippen molar-refractivity contribution >= 4 is 34.0 Å². The van der Waals surface area contributed by atoms with Gasteiger partial charge < -0.3 is 9.80 Å². The zero-order valence-electron chi connectivity index (χ0n) is 15.4. The first-order chi connectivity index (χ1) is 13.2. The molecule has 27 heavy (non-hydrogen) atoms. The van der Waals surface area contributed by atoms with E-state index in [2.05, 4.69) is 20.0 Å². The summed E-state index contributed by atoms with van der Waals surface area (Å²) in [7, 11) is 0. The van der Waals surface area contributed by atoms with Crippen LogP contribution in [0.2, 0.25) is 5.02 Å². The lowest BCUT2D eigenvalue weighted by Crippen LogP contribution is -2.43. The van der Waals surface area contributed by atoms with Crippen molar-refractivity contribution in [2.75, 3.05) is 31.1 Å². The highest BCUT2D eigenvalue weighted by molar-refractivity contribution is 7.18. The molecular formula is C20H25ClN4OS. The quantitative estimate of drug-likeness (QED) is 0.756. The molecule has 0 unspecified atom stereocenters. The Morgan fingerprint density at radius 2 is 1.70 bits per heavy atom. The van der Waals surface area contributed by atoms with Crippen LogP contribution in [0.5, 0.6) is 0 Å². The van der Waals surface area contributed by atoms with E-state index in [1.54, 1.807) is 11.3 Å². The van der Waals surface area contributed by atoms with Gasteiger partial charge >= 0.3 is 0 Å². The molecular weight excluding hydrogens is 380 g/mol. The number of hydrogen-bond donors (Lipinski definition) is 0. The van der Waals surface area contributed by atoms with Crippen molar-refractivity contribution in [1.29, 1.82) is 0 Å². The van der Waals surface area contributed by atoms with E-state index >= 15 is 0 Å². The largest absolute Gasteiger partial charge is 0.347 e. The highest BCUT2D eigenvalue weighted by atomic mass is 35.5. The standard InChI is InChI=1S/C20H25ClN4OS/c21-17-8-4-3-7-16(17)18-22-23-20(27-18)25-13-9-15(10-14-25)19(26)24-11-5-1-2-6-12-24/h3-4,7-8,15H,1-2,5-6,9-14H2. The van der Waals surface area contributed by atoms with Gasteiger partial charge in [-0.3, -0.25) is 4.79 Å². The van der Waals surface area contributed by atoms with E-state index in [1.165, 1.54) is 12.8 Å². The third-order valence-corrected chi connectivity index (χ3v) is 6.90. The minimum Gasteiger partial charge on any atom is -0.347 e. The van der Waals surface area contributed by atoms with Crippen molar-refractivity contribution in [2.24, 2.45) is 5.92 Å². The third-order valence-electron chi connectivity index (χ3n) is 5.55. The van der Waals surface area contributed by atoms with E-state index in [0.717, 1.165) is 67.6 Å². The summed E-state index contributed by atoms with van der Waals surface area (Å²) < 4.78 is 0. The summed E-state index contributed by atoms with van der Waals surface area (Å²) in [4.78, 5) is 17.2. The monoisotopic (exact) mass is 404 g/mol. The molecule has 0 bridgehead atoms. The van der Waals surface area contributed by atoms with Crippen LogP contribution >= 0.6 is 22.9 Å². The van der Waals surface area contributed by atoms with E-state index < -0.39 is 0 Å². The number of rotatable bonds is 3. The molecule has 0 radical (unpaired) electrons. The van der Waals surface area contributed by atoms with E-state index in [1.807, 2.05) is 24.3 Å². The first-order valence-electron chi connectivity index (χ1n) is 9.84. The van der Waals surface area contributed by atoms with Gasteiger partial charge in [0.2, 0.25) is 11.0 Å². The number of halogens is 1. The van der Waals surface area contributed by atoms with Gasteiger partial charge in [-0.15, -0.1) is 10.2 Å². The fourth-order valence-corrected chi connectivity index (χ4v) is 5.17. The smallest absolute Gasteiger partial charge is 0.225 e. The number of benzene rings is 1. The highest BCUT2D eigenvalue weighted by Gasteiger charge is 2.30. The molecule has 4 rings (SSSR count). The summed E-state index contributed by atoms with van der Waals surface area (Å²) in [5.74, 6) is 0.529. The lowest BCUT2D eigenvalue weighted by molar-refractivity contribution is -0.136. The second-order valence-corrected chi connectivity index (χ2v) is 8.73. The number of aromatic nitrogens is 2. The summed E-state index contributed by atoms with van der Waals surface area (Å²) in [6.45, 7) is 3.61. The average Bonchev–Trinajstić information content (AvgIpc) is 3.03. The zero-order valence-corrected chi connectivity index (χ0v) is 17.0. The summed E-state index contributed by atoms with van der Waals surface area (Å²) >= 11 is 7.85. The van der Waals surface area contributed by atoms with Gasteiger partial charge in [0.1, 0.15) is 0 Å². The van der Waals surface area contributed by atoms with Gasteiger partial charge in [-0.1, -0.05) is 54.0 Å². The molecule has 0 spiro atoms. The molecule has 2 aromatic rings. The number of likely N-dealkylation sites (tertiary alicyclic amines) is 1. The molecule has 2 fully saturated rings. The molecule has 1 aromatic heterocycles. The van der Waals surface area contributed by atoms with Gasteiger partial charge in [0.15, 0.2) is 5.01 Å². The highest BCUT2D eigenvalue weighted by Crippen LogP contribution is 2.34. The maximum atomic E-state index is 12.8. The molecule has 2 aliphatic rings. The number of carbonyl (C=O) groups excluding carboxylic acids is 1. The van der Waals surface area contributed by atoms with Crippen molar-refractivity contribution < 1.29 is 4.79 Å².